The van der Waals surface area contributed by atoms with Crippen molar-refractivity contribution in [3.63, 3.8) is 0 Å². The molecule has 3 saturated heterocycles. The minimum atomic E-state index is -0.625. The molecule has 1 spiro atoms. The highest BCUT2D eigenvalue weighted by molar-refractivity contribution is 5.85. The summed E-state index contributed by atoms with van der Waals surface area (Å²) in [5.74, 6) is 0.397. The highest BCUT2D eigenvalue weighted by Gasteiger charge is 2.45. The van der Waals surface area contributed by atoms with E-state index in [1.54, 1.807) is 6.08 Å². The maximum atomic E-state index is 12.9. The third kappa shape index (κ3) is 3.37. The lowest BCUT2D eigenvalue weighted by Crippen LogP contribution is -2.56. The van der Waals surface area contributed by atoms with Crippen LogP contribution in [0.5, 0.6) is 0 Å². The number of piperidine rings is 2. The molecule has 3 aliphatic rings. The second kappa shape index (κ2) is 6.87. The van der Waals surface area contributed by atoms with Crippen LogP contribution in [-0.4, -0.2) is 60.0 Å². The molecule has 0 aromatic rings. The molecule has 0 aromatic carbocycles. The van der Waals surface area contributed by atoms with Crippen LogP contribution in [-0.2, 0) is 14.3 Å². The lowest BCUT2D eigenvalue weighted by molar-refractivity contribution is -0.165. The Morgan fingerprint density at radius 3 is 2.62 bits per heavy atom. The standard InChI is InChI=1S/C19H30N2O3/c1-3-11-21-15-19(8-6-16(21)22)9-12-20(13-10-19)17(23)18(2)7-4-5-14-24-18/h3H,1,4-15H2,2H3/t18-/m0/s1. The highest BCUT2D eigenvalue weighted by Crippen LogP contribution is 2.41. The number of hydrogen-bond donors (Lipinski definition) is 0. The number of likely N-dealkylation sites (tertiary alicyclic amines) is 2. The average molecular weight is 334 g/mol. The molecule has 5 heteroatoms. The van der Waals surface area contributed by atoms with Crippen molar-refractivity contribution < 1.29 is 14.3 Å². The normalized spacial score (nSPS) is 30.5. The Labute approximate surface area is 145 Å². The van der Waals surface area contributed by atoms with Gasteiger partial charge in [-0.15, -0.1) is 6.58 Å². The smallest absolute Gasteiger partial charge is 0.254 e. The maximum Gasteiger partial charge on any atom is 0.254 e. The van der Waals surface area contributed by atoms with Gasteiger partial charge in [-0.05, 0) is 50.9 Å². The molecule has 0 bridgehead atoms. The molecular formula is C19H30N2O3. The van der Waals surface area contributed by atoms with Crippen LogP contribution in [0.4, 0.5) is 0 Å². The SMILES string of the molecule is C=CCN1CC2(CCC1=O)CCN(C(=O)[C@]1(C)CCCCO1)CC2. The van der Waals surface area contributed by atoms with Crippen LogP contribution in [0.3, 0.4) is 0 Å². The van der Waals surface area contributed by atoms with Gasteiger partial charge in [0.15, 0.2) is 0 Å². The Balaban J connectivity index is 1.60. The minimum Gasteiger partial charge on any atom is -0.365 e. The summed E-state index contributed by atoms with van der Waals surface area (Å²) >= 11 is 0. The van der Waals surface area contributed by atoms with E-state index in [2.05, 4.69) is 6.58 Å². The van der Waals surface area contributed by atoms with Crippen LogP contribution >= 0.6 is 0 Å². The third-order valence-electron chi connectivity index (χ3n) is 6.13. The van der Waals surface area contributed by atoms with Gasteiger partial charge in [-0.3, -0.25) is 9.59 Å². The predicted molar refractivity (Wildman–Crippen MR) is 92.5 cm³/mol. The zero-order chi connectivity index (χ0) is 17.2. The number of hydrogen-bond acceptors (Lipinski definition) is 3. The number of rotatable bonds is 3. The van der Waals surface area contributed by atoms with Gasteiger partial charge in [0.05, 0.1) is 0 Å². The van der Waals surface area contributed by atoms with E-state index >= 15 is 0 Å². The lowest BCUT2D eigenvalue weighted by Gasteiger charge is -2.48. The topological polar surface area (TPSA) is 49.9 Å². The van der Waals surface area contributed by atoms with E-state index in [4.69, 9.17) is 4.74 Å². The fourth-order valence-corrected chi connectivity index (χ4v) is 4.45. The van der Waals surface area contributed by atoms with Gasteiger partial charge in [-0.25, -0.2) is 0 Å². The molecule has 3 rings (SSSR count). The Morgan fingerprint density at radius 1 is 1.25 bits per heavy atom. The molecule has 0 N–H and O–H groups in total. The molecule has 3 fully saturated rings. The largest absolute Gasteiger partial charge is 0.365 e. The lowest BCUT2D eigenvalue weighted by atomic mass is 9.72. The number of carbonyl (C=O) groups excluding carboxylic acids is 2. The average Bonchev–Trinajstić information content (AvgIpc) is 2.59. The van der Waals surface area contributed by atoms with E-state index in [9.17, 15) is 9.59 Å². The fourth-order valence-electron chi connectivity index (χ4n) is 4.45. The molecule has 0 radical (unpaired) electrons. The minimum absolute atomic E-state index is 0.159. The van der Waals surface area contributed by atoms with Gasteiger partial charge >= 0.3 is 0 Å². The van der Waals surface area contributed by atoms with Gasteiger partial charge in [-0.1, -0.05) is 6.08 Å². The van der Waals surface area contributed by atoms with Crippen molar-refractivity contribution in [2.24, 2.45) is 5.41 Å². The van der Waals surface area contributed by atoms with Crippen molar-refractivity contribution in [2.45, 2.75) is 57.5 Å². The Morgan fingerprint density at radius 2 is 2.00 bits per heavy atom. The highest BCUT2D eigenvalue weighted by atomic mass is 16.5. The first-order valence-electron chi connectivity index (χ1n) is 9.30. The third-order valence-corrected chi connectivity index (χ3v) is 6.13. The summed E-state index contributed by atoms with van der Waals surface area (Å²) in [4.78, 5) is 28.8. The number of ether oxygens (including phenoxy) is 1. The van der Waals surface area contributed by atoms with Crippen molar-refractivity contribution >= 4 is 11.8 Å². The second-order valence-corrected chi connectivity index (χ2v) is 7.89. The number of carbonyl (C=O) groups is 2. The molecule has 0 unspecified atom stereocenters. The van der Waals surface area contributed by atoms with Crippen LogP contribution in [0.1, 0.15) is 51.9 Å². The first-order valence-corrected chi connectivity index (χ1v) is 9.30. The van der Waals surface area contributed by atoms with Gasteiger partial charge in [0.2, 0.25) is 5.91 Å². The molecule has 5 nitrogen and oxygen atoms in total. The Hall–Kier alpha value is -1.36. The summed E-state index contributed by atoms with van der Waals surface area (Å²) in [5.41, 5.74) is -0.442. The van der Waals surface area contributed by atoms with E-state index < -0.39 is 5.60 Å². The first-order chi connectivity index (χ1) is 11.5. The molecule has 0 aliphatic carbocycles. The molecule has 1 atom stereocenters. The van der Waals surface area contributed by atoms with Crippen molar-refractivity contribution in [3.05, 3.63) is 12.7 Å². The van der Waals surface area contributed by atoms with Crippen LogP contribution in [0, 0.1) is 5.41 Å². The molecular weight excluding hydrogens is 304 g/mol. The van der Waals surface area contributed by atoms with Crippen LogP contribution in [0.25, 0.3) is 0 Å². The Bertz CT molecular complexity index is 503. The zero-order valence-electron chi connectivity index (χ0n) is 14.9. The number of amides is 2. The molecule has 0 saturated carbocycles. The quantitative estimate of drug-likeness (QED) is 0.745. The predicted octanol–water partition coefficient (Wildman–Crippen LogP) is 2.36. The monoisotopic (exact) mass is 334 g/mol. The summed E-state index contributed by atoms with van der Waals surface area (Å²) in [6.07, 6.45) is 8.30. The van der Waals surface area contributed by atoms with Gasteiger partial charge in [-0.2, -0.15) is 0 Å². The number of nitrogens with zero attached hydrogens (tertiary/aromatic N) is 2. The van der Waals surface area contributed by atoms with Crippen LogP contribution in [0.15, 0.2) is 12.7 Å². The van der Waals surface area contributed by atoms with Crippen molar-refractivity contribution in [2.75, 3.05) is 32.8 Å². The van der Waals surface area contributed by atoms with Crippen molar-refractivity contribution in [3.8, 4) is 0 Å². The molecule has 2 amide bonds. The van der Waals surface area contributed by atoms with Crippen LogP contribution in [0.2, 0.25) is 0 Å². The molecule has 24 heavy (non-hydrogen) atoms. The van der Waals surface area contributed by atoms with E-state index in [-0.39, 0.29) is 17.2 Å². The summed E-state index contributed by atoms with van der Waals surface area (Å²) in [5, 5.41) is 0. The van der Waals surface area contributed by atoms with Gasteiger partial charge in [0.1, 0.15) is 5.60 Å². The van der Waals surface area contributed by atoms with Gasteiger partial charge in [0, 0.05) is 39.2 Å². The molecule has 0 aromatic heterocycles. The van der Waals surface area contributed by atoms with E-state index in [0.717, 1.165) is 58.2 Å². The molecule has 3 aliphatic heterocycles. The van der Waals surface area contributed by atoms with E-state index in [1.165, 1.54) is 0 Å². The fraction of sp³-hybridized carbons (Fsp3) is 0.789. The van der Waals surface area contributed by atoms with Crippen molar-refractivity contribution in [1.82, 2.24) is 9.80 Å². The summed E-state index contributed by atoms with van der Waals surface area (Å²) in [6, 6.07) is 0. The van der Waals surface area contributed by atoms with Crippen LogP contribution < -0.4 is 0 Å². The second-order valence-electron chi connectivity index (χ2n) is 7.89. The first kappa shape index (κ1) is 17.5. The van der Waals surface area contributed by atoms with E-state index in [1.807, 2.05) is 16.7 Å². The Kier molecular flexibility index (Phi) is 5.00. The van der Waals surface area contributed by atoms with Crippen molar-refractivity contribution in [1.29, 1.82) is 0 Å². The maximum absolute atomic E-state index is 12.9. The summed E-state index contributed by atoms with van der Waals surface area (Å²) < 4.78 is 5.83. The molecule has 134 valence electrons. The van der Waals surface area contributed by atoms with Gasteiger partial charge in [0.25, 0.3) is 5.91 Å². The van der Waals surface area contributed by atoms with E-state index in [0.29, 0.717) is 19.6 Å². The summed E-state index contributed by atoms with van der Waals surface area (Å²) in [7, 11) is 0. The van der Waals surface area contributed by atoms with Gasteiger partial charge < -0.3 is 14.5 Å². The zero-order valence-corrected chi connectivity index (χ0v) is 14.9. The molecule has 3 heterocycles. The summed E-state index contributed by atoms with van der Waals surface area (Å²) in [6.45, 7) is 9.42.